The zero-order chi connectivity index (χ0) is 23.8. The zero-order valence-corrected chi connectivity index (χ0v) is 19.7. The fourth-order valence-electron chi connectivity index (χ4n) is 3.90. The maximum Gasteiger partial charge on any atom is 0.410 e. The topological polar surface area (TPSA) is 98.8 Å². The Morgan fingerprint density at radius 3 is 2.76 bits per heavy atom. The van der Waals surface area contributed by atoms with Crippen molar-refractivity contribution in [1.82, 2.24) is 20.0 Å². The summed E-state index contributed by atoms with van der Waals surface area (Å²) in [5, 5.41) is 8.03. The minimum absolute atomic E-state index is 0.155. The summed E-state index contributed by atoms with van der Waals surface area (Å²) in [6, 6.07) is 7.16. The van der Waals surface area contributed by atoms with Crippen molar-refractivity contribution in [2.24, 2.45) is 7.05 Å². The highest BCUT2D eigenvalue weighted by Gasteiger charge is 2.31. The lowest BCUT2D eigenvalue weighted by molar-refractivity contribution is 0.0290. The van der Waals surface area contributed by atoms with E-state index in [1.807, 2.05) is 52.2 Å². The van der Waals surface area contributed by atoms with Crippen LogP contribution in [-0.2, 0) is 18.4 Å². The van der Waals surface area contributed by atoms with Crippen molar-refractivity contribution in [3.8, 4) is 5.75 Å². The van der Waals surface area contributed by atoms with Crippen LogP contribution >= 0.6 is 0 Å². The summed E-state index contributed by atoms with van der Waals surface area (Å²) in [5.74, 6) is 0.926. The third-order valence-electron chi connectivity index (χ3n) is 5.39. The van der Waals surface area contributed by atoms with E-state index in [0.29, 0.717) is 54.2 Å². The van der Waals surface area contributed by atoms with Crippen LogP contribution in [0.4, 0.5) is 4.79 Å². The average molecular weight is 455 g/mol. The number of aryl methyl sites for hydroxylation is 2. The summed E-state index contributed by atoms with van der Waals surface area (Å²) >= 11 is 0. The first-order chi connectivity index (χ1) is 15.6. The second-order valence-electron chi connectivity index (χ2n) is 9.35. The van der Waals surface area contributed by atoms with Crippen LogP contribution in [0.3, 0.4) is 0 Å². The largest absolute Gasteiger partial charge is 0.487 e. The minimum atomic E-state index is -0.554. The van der Waals surface area contributed by atoms with Crippen LogP contribution < -0.4 is 10.1 Å². The first-order valence-corrected chi connectivity index (χ1v) is 11.0. The van der Waals surface area contributed by atoms with Gasteiger partial charge in [0.1, 0.15) is 29.3 Å². The normalized spacial score (nSPS) is 16.3. The molecule has 1 aromatic carbocycles. The third-order valence-corrected chi connectivity index (χ3v) is 5.39. The molecule has 0 radical (unpaired) electrons. The van der Waals surface area contributed by atoms with E-state index in [2.05, 4.69) is 10.4 Å². The Morgan fingerprint density at radius 1 is 1.27 bits per heavy atom. The molecule has 0 spiro atoms. The van der Waals surface area contributed by atoms with Gasteiger partial charge >= 0.3 is 6.09 Å². The Hall–Kier alpha value is -3.49. The van der Waals surface area contributed by atoms with Gasteiger partial charge in [0.05, 0.1) is 11.3 Å². The summed E-state index contributed by atoms with van der Waals surface area (Å²) in [5.41, 5.74) is 1.35. The number of benzene rings is 1. The van der Waals surface area contributed by atoms with Gasteiger partial charge in [-0.2, -0.15) is 5.10 Å². The number of ether oxygens (including phenoxy) is 2. The van der Waals surface area contributed by atoms with E-state index in [0.717, 1.165) is 5.69 Å². The number of carbonyl (C=O) groups excluding carboxylic acids is 2. The highest BCUT2D eigenvalue weighted by molar-refractivity contribution is 6.07. The maximum absolute atomic E-state index is 13.1. The van der Waals surface area contributed by atoms with Crippen LogP contribution in [0.15, 0.2) is 34.9 Å². The Kier molecular flexibility index (Phi) is 6.05. The molecule has 0 unspecified atom stereocenters. The number of hydrogen-bond donors (Lipinski definition) is 1. The van der Waals surface area contributed by atoms with Gasteiger partial charge in [-0.3, -0.25) is 9.48 Å². The molecule has 3 heterocycles. The predicted molar refractivity (Wildman–Crippen MR) is 122 cm³/mol. The number of hydrogen-bond acceptors (Lipinski definition) is 6. The molecular weight excluding hydrogens is 424 g/mol. The molecule has 1 fully saturated rings. The van der Waals surface area contributed by atoms with Crippen molar-refractivity contribution in [2.45, 2.75) is 52.4 Å². The fourth-order valence-corrected chi connectivity index (χ4v) is 3.90. The number of rotatable bonds is 5. The van der Waals surface area contributed by atoms with E-state index in [1.54, 1.807) is 22.6 Å². The number of aromatic nitrogens is 2. The van der Waals surface area contributed by atoms with Crippen LogP contribution in [0.1, 0.15) is 49.0 Å². The Morgan fingerprint density at radius 2 is 2.06 bits per heavy atom. The highest BCUT2D eigenvalue weighted by Crippen LogP contribution is 2.30. The van der Waals surface area contributed by atoms with Gasteiger partial charge in [0.25, 0.3) is 5.91 Å². The van der Waals surface area contributed by atoms with Gasteiger partial charge in [-0.15, -0.1) is 0 Å². The predicted octanol–water partition coefficient (Wildman–Crippen LogP) is 3.79. The number of carbonyl (C=O) groups is 2. The molecule has 0 aliphatic carbocycles. The fraction of sp³-hybridized carbons (Fsp3) is 0.458. The maximum atomic E-state index is 13.1. The molecule has 9 heteroatoms. The van der Waals surface area contributed by atoms with E-state index < -0.39 is 5.60 Å². The van der Waals surface area contributed by atoms with Crippen LogP contribution in [0.5, 0.6) is 5.75 Å². The lowest BCUT2D eigenvalue weighted by Crippen LogP contribution is -2.40. The lowest BCUT2D eigenvalue weighted by Gasteiger charge is -2.24. The van der Waals surface area contributed by atoms with Crippen molar-refractivity contribution in [3.05, 3.63) is 47.5 Å². The van der Waals surface area contributed by atoms with E-state index in [1.165, 1.54) is 0 Å². The molecule has 2 amide bonds. The first kappa shape index (κ1) is 22.7. The van der Waals surface area contributed by atoms with Crippen LogP contribution in [0, 0.1) is 6.92 Å². The molecule has 176 valence electrons. The van der Waals surface area contributed by atoms with Crippen molar-refractivity contribution in [1.29, 1.82) is 0 Å². The van der Waals surface area contributed by atoms with Gasteiger partial charge in [0.2, 0.25) is 0 Å². The third kappa shape index (κ3) is 5.30. The second-order valence-corrected chi connectivity index (χ2v) is 9.35. The summed E-state index contributed by atoms with van der Waals surface area (Å²) in [6.07, 6.45) is 2.16. The van der Waals surface area contributed by atoms with E-state index in [-0.39, 0.29) is 18.0 Å². The zero-order valence-electron chi connectivity index (χ0n) is 19.7. The van der Waals surface area contributed by atoms with E-state index >= 15 is 0 Å². The standard InChI is InChI=1S/C24H30N4O5/c1-15-21(22(29)25-16-9-11-28(13-16)23(30)33-24(2,3)4)19-12-18(6-7-20(19)32-15)31-14-17-8-10-27(5)26-17/h6-8,10,12,16H,9,11,13-14H2,1-5H3,(H,25,29)/t16-/m0/s1. The Balaban J connectivity index is 1.44. The van der Waals surface area contributed by atoms with Gasteiger partial charge in [-0.05, 0) is 58.4 Å². The Bertz CT molecular complexity index is 1170. The molecule has 1 atom stereocenters. The average Bonchev–Trinajstić information content (AvgIpc) is 3.43. The lowest BCUT2D eigenvalue weighted by atomic mass is 10.1. The minimum Gasteiger partial charge on any atom is -0.487 e. The highest BCUT2D eigenvalue weighted by atomic mass is 16.6. The van der Waals surface area contributed by atoms with Crippen molar-refractivity contribution >= 4 is 23.0 Å². The quantitative estimate of drug-likeness (QED) is 0.630. The molecule has 33 heavy (non-hydrogen) atoms. The SMILES string of the molecule is Cc1oc2ccc(OCc3ccn(C)n3)cc2c1C(=O)N[C@H]1CCN(C(=O)OC(C)(C)C)C1. The van der Waals surface area contributed by atoms with E-state index in [4.69, 9.17) is 13.9 Å². The molecular formula is C24H30N4O5. The molecule has 3 aromatic rings. The summed E-state index contributed by atoms with van der Waals surface area (Å²) in [4.78, 5) is 27.1. The second kappa shape index (κ2) is 8.80. The van der Waals surface area contributed by atoms with Gasteiger partial charge in [-0.25, -0.2) is 4.79 Å². The van der Waals surface area contributed by atoms with Gasteiger partial charge < -0.3 is 24.1 Å². The molecule has 0 bridgehead atoms. The van der Waals surface area contributed by atoms with Gasteiger partial charge in [-0.1, -0.05) is 0 Å². The number of amides is 2. The monoisotopic (exact) mass is 454 g/mol. The number of furan rings is 1. The van der Waals surface area contributed by atoms with Gasteiger partial charge in [0.15, 0.2) is 0 Å². The molecule has 2 aromatic heterocycles. The number of likely N-dealkylation sites (tertiary alicyclic amines) is 1. The molecule has 4 rings (SSSR count). The number of fused-ring (bicyclic) bond motifs is 1. The van der Waals surface area contributed by atoms with Crippen LogP contribution in [0.25, 0.3) is 11.0 Å². The number of nitrogens with one attached hydrogen (secondary N) is 1. The summed E-state index contributed by atoms with van der Waals surface area (Å²) in [7, 11) is 1.85. The van der Waals surface area contributed by atoms with Crippen LogP contribution in [-0.4, -0.2) is 51.4 Å². The molecule has 0 saturated carbocycles. The smallest absolute Gasteiger partial charge is 0.410 e. The number of nitrogens with zero attached hydrogens (tertiary/aromatic N) is 3. The van der Waals surface area contributed by atoms with Gasteiger partial charge in [0, 0.05) is 37.8 Å². The van der Waals surface area contributed by atoms with Crippen molar-refractivity contribution in [3.63, 3.8) is 0 Å². The molecule has 1 aliphatic heterocycles. The van der Waals surface area contributed by atoms with Crippen LogP contribution in [0.2, 0.25) is 0 Å². The molecule has 1 N–H and O–H groups in total. The molecule has 9 nitrogen and oxygen atoms in total. The van der Waals surface area contributed by atoms with Crippen molar-refractivity contribution < 1.29 is 23.5 Å². The van der Waals surface area contributed by atoms with Crippen molar-refractivity contribution in [2.75, 3.05) is 13.1 Å². The first-order valence-electron chi connectivity index (χ1n) is 11.0. The summed E-state index contributed by atoms with van der Waals surface area (Å²) < 4.78 is 18.8. The summed E-state index contributed by atoms with van der Waals surface area (Å²) in [6.45, 7) is 8.55. The molecule has 1 aliphatic rings. The Labute approximate surface area is 192 Å². The van der Waals surface area contributed by atoms with E-state index in [9.17, 15) is 9.59 Å². The molecule has 1 saturated heterocycles.